The van der Waals surface area contributed by atoms with E-state index in [2.05, 4.69) is 15.5 Å². The van der Waals surface area contributed by atoms with Crippen LogP contribution in [0.1, 0.15) is 34.5 Å². The molecule has 1 aromatic heterocycles. The summed E-state index contributed by atoms with van der Waals surface area (Å²) in [7, 11) is 0. The van der Waals surface area contributed by atoms with E-state index in [4.69, 9.17) is 4.74 Å². The van der Waals surface area contributed by atoms with Gasteiger partial charge in [0.25, 0.3) is 5.91 Å². The second kappa shape index (κ2) is 7.90. The van der Waals surface area contributed by atoms with E-state index in [0.29, 0.717) is 35.3 Å². The lowest BCUT2D eigenvalue weighted by molar-refractivity contribution is 0.0854. The molecule has 2 aromatic carbocycles. The van der Waals surface area contributed by atoms with Crippen LogP contribution in [0.25, 0.3) is 23.1 Å². The highest BCUT2D eigenvalue weighted by atomic mass is 19.1. The predicted octanol–water partition coefficient (Wildman–Crippen LogP) is 3.92. The Labute approximate surface area is 160 Å². The molecule has 1 unspecified atom stereocenters. The van der Waals surface area contributed by atoms with Crippen LogP contribution in [-0.2, 0) is 4.74 Å². The maximum absolute atomic E-state index is 14.4. The number of hydrogen-bond acceptors (Lipinski definition) is 3. The van der Waals surface area contributed by atoms with E-state index in [1.54, 1.807) is 24.3 Å². The molecule has 1 fully saturated rings. The maximum Gasteiger partial charge on any atom is 0.254 e. The Morgan fingerprint density at radius 1 is 1.29 bits per heavy atom. The van der Waals surface area contributed by atoms with Gasteiger partial charge in [-0.2, -0.15) is 5.10 Å². The first-order chi connectivity index (χ1) is 13.6. The Hall–Kier alpha value is -3.06. The van der Waals surface area contributed by atoms with Gasteiger partial charge >= 0.3 is 0 Å². The molecule has 0 bridgehead atoms. The Bertz CT molecular complexity index is 1040. The molecule has 4 rings (SSSR count). The van der Waals surface area contributed by atoms with E-state index < -0.39 is 11.7 Å². The molecule has 7 heteroatoms. The van der Waals surface area contributed by atoms with Crippen molar-refractivity contribution < 1.29 is 18.3 Å². The van der Waals surface area contributed by atoms with Crippen LogP contribution in [0.5, 0.6) is 0 Å². The highest BCUT2D eigenvalue weighted by Gasteiger charge is 2.19. The average Bonchev–Trinajstić information content (AvgIpc) is 3.33. The third-order valence-electron chi connectivity index (χ3n) is 4.72. The predicted molar refractivity (Wildman–Crippen MR) is 103 cm³/mol. The summed E-state index contributed by atoms with van der Waals surface area (Å²) >= 11 is 0. The summed E-state index contributed by atoms with van der Waals surface area (Å²) in [6.07, 6.45) is 5.24. The van der Waals surface area contributed by atoms with Crippen molar-refractivity contribution in [3.8, 4) is 0 Å². The van der Waals surface area contributed by atoms with Crippen LogP contribution in [0.3, 0.4) is 0 Å². The largest absolute Gasteiger partial charge is 0.376 e. The van der Waals surface area contributed by atoms with E-state index in [-0.39, 0.29) is 17.5 Å². The summed E-state index contributed by atoms with van der Waals surface area (Å²) in [5.41, 5.74) is 1.64. The smallest absolute Gasteiger partial charge is 0.254 e. The molecule has 3 aromatic rings. The first-order valence-corrected chi connectivity index (χ1v) is 9.11. The number of halogens is 2. The molecule has 1 saturated heterocycles. The van der Waals surface area contributed by atoms with Crippen molar-refractivity contribution in [3.05, 3.63) is 64.9 Å². The van der Waals surface area contributed by atoms with E-state index in [1.165, 1.54) is 24.3 Å². The van der Waals surface area contributed by atoms with Gasteiger partial charge in [-0.05, 0) is 42.7 Å². The van der Waals surface area contributed by atoms with Gasteiger partial charge in [0, 0.05) is 24.6 Å². The minimum Gasteiger partial charge on any atom is -0.376 e. The summed E-state index contributed by atoms with van der Waals surface area (Å²) < 4.78 is 33.2. The number of rotatable bonds is 5. The number of hydrogen-bond donors (Lipinski definition) is 2. The quantitative estimate of drug-likeness (QED) is 0.702. The highest BCUT2D eigenvalue weighted by Crippen LogP contribution is 2.23. The number of fused-ring (bicyclic) bond motifs is 1. The van der Waals surface area contributed by atoms with E-state index in [1.807, 2.05) is 0 Å². The fraction of sp³-hybridized carbons (Fsp3) is 0.238. The number of benzene rings is 2. The molecule has 1 atom stereocenters. The number of H-pyrrole nitrogens is 1. The highest BCUT2D eigenvalue weighted by molar-refractivity contribution is 6.00. The fourth-order valence-electron chi connectivity index (χ4n) is 3.25. The Morgan fingerprint density at radius 3 is 2.96 bits per heavy atom. The molecular weight excluding hydrogens is 364 g/mol. The lowest BCUT2D eigenvalue weighted by Crippen LogP contribution is -2.32. The van der Waals surface area contributed by atoms with Gasteiger partial charge in [-0.15, -0.1) is 0 Å². The Balaban J connectivity index is 1.57. The number of carbonyl (C=O) groups is 1. The molecule has 1 aliphatic heterocycles. The molecule has 2 heterocycles. The third-order valence-corrected chi connectivity index (χ3v) is 4.72. The van der Waals surface area contributed by atoms with Crippen LogP contribution in [-0.4, -0.2) is 35.4 Å². The summed E-state index contributed by atoms with van der Waals surface area (Å²) in [6.45, 7) is 1.05. The van der Waals surface area contributed by atoms with Crippen molar-refractivity contribution in [2.24, 2.45) is 0 Å². The summed E-state index contributed by atoms with van der Waals surface area (Å²) in [5.74, 6) is -1.45. The van der Waals surface area contributed by atoms with E-state index in [9.17, 15) is 13.6 Å². The molecular formula is C21H19F2N3O2. The summed E-state index contributed by atoms with van der Waals surface area (Å²) in [4.78, 5) is 12.4. The molecule has 1 aliphatic rings. The normalized spacial score (nSPS) is 16.9. The number of amides is 1. The molecule has 1 amide bonds. The second-order valence-corrected chi connectivity index (χ2v) is 6.72. The zero-order chi connectivity index (χ0) is 19.5. The van der Waals surface area contributed by atoms with Crippen molar-refractivity contribution in [1.29, 1.82) is 0 Å². The third kappa shape index (κ3) is 3.94. The number of aromatic nitrogens is 2. The lowest BCUT2D eigenvalue weighted by Gasteiger charge is -2.11. The van der Waals surface area contributed by atoms with Crippen LogP contribution in [0.15, 0.2) is 36.4 Å². The molecule has 0 saturated carbocycles. The van der Waals surface area contributed by atoms with Crippen molar-refractivity contribution in [1.82, 2.24) is 15.5 Å². The Morgan fingerprint density at radius 2 is 2.18 bits per heavy atom. The molecule has 0 aliphatic carbocycles. The molecule has 5 nitrogen and oxygen atoms in total. The first kappa shape index (κ1) is 18.3. The first-order valence-electron chi connectivity index (χ1n) is 9.11. The van der Waals surface area contributed by atoms with Crippen molar-refractivity contribution >= 4 is 29.0 Å². The van der Waals surface area contributed by atoms with Crippen LogP contribution in [0, 0.1) is 11.6 Å². The van der Waals surface area contributed by atoms with Gasteiger partial charge in [-0.3, -0.25) is 9.89 Å². The summed E-state index contributed by atoms with van der Waals surface area (Å²) in [6, 6.07) is 8.87. The number of nitrogens with one attached hydrogen (secondary N) is 2. The van der Waals surface area contributed by atoms with E-state index >= 15 is 0 Å². The van der Waals surface area contributed by atoms with Crippen LogP contribution >= 0.6 is 0 Å². The van der Waals surface area contributed by atoms with Gasteiger partial charge in [0.15, 0.2) is 0 Å². The maximum atomic E-state index is 14.4. The van der Waals surface area contributed by atoms with Gasteiger partial charge in [0.05, 0.1) is 22.9 Å². The van der Waals surface area contributed by atoms with Crippen molar-refractivity contribution in [2.75, 3.05) is 13.2 Å². The molecule has 28 heavy (non-hydrogen) atoms. The fourth-order valence-corrected chi connectivity index (χ4v) is 3.25. The van der Waals surface area contributed by atoms with Gasteiger partial charge in [0.2, 0.25) is 0 Å². The molecule has 144 valence electrons. The summed E-state index contributed by atoms with van der Waals surface area (Å²) in [5, 5.41) is 10.2. The number of aromatic amines is 1. The zero-order valence-electron chi connectivity index (χ0n) is 15.0. The monoisotopic (exact) mass is 383 g/mol. The van der Waals surface area contributed by atoms with Crippen molar-refractivity contribution in [3.63, 3.8) is 0 Å². The average molecular weight is 383 g/mol. The zero-order valence-corrected chi connectivity index (χ0v) is 15.0. The molecule has 0 radical (unpaired) electrons. The van der Waals surface area contributed by atoms with Gasteiger partial charge in [-0.25, -0.2) is 8.78 Å². The van der Waals surface area contributed by atoms with Crippen molar-refractivity contribution in [2.45, 2.75) is 18.9 Å². The molecule has 2 N–H and O–H groups in total. The topological polar surface area (TPSA) is 67.0 Å². The van der Waals surface area contributed by atoms with Crippen LogP contribution in [0.2, 0.25) is 0 Å². The van der Waals surface area contributed by atoms with E-state index in [0.717, 1.165) is 12.8 Å². The molecule has 0 spiro atoms. The lowest BCUT2D eigenvalue weighted by atomic mass is 10.1. The van der Waals surface area contributed by atoms with Gasteiger partial charge < -0.3 is 10.1 Å². The SMILES string of the molecule is O=C(NCC1CCCO1)c1cc2c(/C=C/c3cccc(F)c3)n[nH]c2cc1F. The number of carbonyl (C=O) groups excluding carboxylic acids is 1. The Kier molecular flexibility index (Phi) is 5.16. The second-order valence-electron chi connectivity index (χ2n) is 6.72. The van der Waals surface area contributed by atoms with Gasteiger partial charge in [-0.1, -0.05) is 18.2 Å². The minimum atomic E-state index is -0.623. The van der Waals surface area contributed by atoms with Gasteiger partial charge in [0.1, 0.15) is 11.6 Å². The number of nitrogens with zero attached hydrogens (tertiary/aromatic N) is 1. The van der Waals surface area contributed by atoms with Crippen LogP contribution < -0.4 is 5.32 Å². The minimum absolute atomic E-state index is 0.0190. The van der Waals surface area contributed by atoms with Crippen LogP contribution in [0.4, 0.5) is 8.78 Å². The standard InChI is InChI=1S/C21H19F2N3O2/c22-14-4-1-3-13(9-14)6-7-19-17-10-16(18(23)11-20(17)26-25-19)21(27)24-12-15-5-2-8-28-15/h1,3-4,6-7,9-11,15H,2,5,8,12H2,(H,24,27)(H,25,26)/b7-6+. The number of ether oxygens (including phenoxy) is 1.